The van der Waals surface area contributed by atoms with Crippen molar-refractivity contribution in [2.45, 2.75) is 18.7 Å². The predicted molar refractivity (Wildman–Crippen MR) is 81.7 cm³/mol. The number of hydrogen-bond donors (Lipinski definition) is 1. The van der Waals surface area contributed by atoms with Crippen LogP contribution in [0.4, 0.5) is 5.69 Å². The van der Waals surface area contributed by atoms with Crippen molar-refractivity contribution in [1.82, 2.24) is 0 Å². The highest BCUT2D eigenvalue weighted by atomic mass is 32.2. The summed E-state index contributed by atoms with van der Waals surface area (Å²) in [5.41, 5.74) is 3.19. The van der Waals surface area contributed by atoms with Gasteiger partial charge in [0.05, 0.1) is 5.75 Å². The molecular weight excluding hydrogens is 254 g/mol. The van der Waals surface area contributed by atoms with Gasteiger partial charge < -0.3 is 5.32 Å². The third kappa shape index (κ3) is 4.14. The fourth-order valence-corrected chi connectivity index (χ4v) is 2.53. The average molecular weight is 271 g/mol. The molecular formula is C16H17NOS. The number of carbonyl (C=O) groups is 1. The molecule has 0 unspecified atom stereocenters. The van der Waals surface area contributed by atoms with E-state index in [0.29, 0.717) is 5.75 Å². The highest BCUT2D eigenvalue weighted by Crippen LogP contribution is 2.19. The van der Waals surface area contributed by atoms with Gasteiger partial charge in [-0.2, -0.15) is 0 Å². The van der Waals surface area contributed by atoms with E-state index in [1.807, 2.05) is 56.3 Å². The number of amides is 1. The SMILES string of the molecule is Cc1ccc(NC(=O)CSc2ccccc2)c(C)c1. The maximum absolute atomic E-state index is 11.9. The standard InChI is InChI=1S/C16H17NOS/c1-12-8-9-15(13(2)10-12)17-16(18)11-19-14-6-4-3-5-7-14/h3-10H,11H2,1-2H3,(H,17,18). The number of carbonyl (C=O) groups excluding carboxylic acids is 1. The van der Waals surface area contributed by atoms with Crippen LogP contribution in [-0.4, -0.2) is 11.7 Å². The Bertz CT molecular complexity index is 566. The first kappa shape index (κ1) is 13.7. The summed E-state index contributed by atoms with van der Waals surface area (Å²) in [7, 11) is 0. The van der Waals surface area contributed by atoms with Gasteiger partial charge in [0.25, 0.3) is 0 Å². The van der Waals surface area contributed by atoms with Gasteiger partial charge in [-0.15, -0.1) is 11.8 Å². The summed E-state index contributed by atoms with van der Waals surface area (Å²) in [6.07, 6.45) is 0. The molecule has 0 radical (unpaired) electrons. The third-order valence-corrected chi connectivity index (χ3v) is 3.78. The Kier molecular flexibility index (Phi) is 4.63. The van der Waals surface area contributed by atoms with Crippen molar-refractivity contribution >= 4 is 23.4 Å². The van der Waals surface area contributed by atoms with Crippen molar-refractivity contribution in [2.75, 3.05) is 11.1 Å². The smallest absolute Gasteiger partial charge is 0.234 e. The first-order valence-corrected chi connectivity index (χ1v) is 7.18. The summed E-state index contributed by atoms with van der Waals surface area (Å²) >= 11 is 1.54. The number of aryl methyl sites for hydroxylation is 2. The quantitative estimate of drug-likeness (QED) is 0.850. The number of rotatable bonds is 4. The number of hydrogen-bond acceptors (Lipinski definition) is 2. The summed E-state index contributed by atoms with van der Waals surface area (Å²) in [5, 5.41) is 2.95. The van der Waals surface area contributed by atoms with Crippen LogP contribution in [0.2, 0.25) is 0 Å². The molecule has 19 heavy (non-hydrogen) atoms. The molecule has 0 saturated heterocycles. The van der Waals surface area contributed by atoms with Crippen molar-refractivity contribution in [3.05, 3.63) is 59.7 Å². The molecule has 2 aromatic carbocycles. The molecule has 1 amide bonds. The Balaban J connectivity index is 1.91. The molecule has 0 aliphatic heterocycles. The minimum Gasteiger partial charge on any atom is -0.325 e. The third-order valence-electron chi connectivity index (χ3n) is 2.77. The van der Waals surface area contributed by atoms with E-state index in [9.17, 15) is 4.79 Å². The second-order valence-corrected chi connectivity index (χ2v) is 5.52. The van der Waals surface area contributed by atoms with Crippen molar-refractivity contribution < 1.29 is 4.79 Å². The van der Waals surface area contributed by atoms with Gasteiger partial charge in [-0.3, -0.25) is 4.79 Å². The molecule has 2 nitrogen and oxygen atoms in total. The fraction of sp³-hybridized carbons (Fsp3) is 0.188. The summed E-state index contributed by atoms with van der Waals surface area (Å²) < 4.78 is 0. The Hall–Kier alpha value is -1.74. The first-order chi connectivity index (χ1) is 9.15. The molecule has 0 fully saturated rings. The van der Waals surface area contributed by atoms with E-state index in [4.69, 9.17) is 0 Å². The van der Waals surface area contributed by atoms with Crippen LogP contribution in [0.5, 0.6) is 0 Å². The van der Waals surface area contributed by atoms with Crippen molar-refractivity contribution in [2.24, 2.45) is 0 Å². The monoisotopic (exact) mass is 271 g/mol. The molecule has 0 heterocycles. The summed E-state index contributed by atoms with van der Waals surface area (Å²) in [6.45, 7) is 4.05. The highest BCUT2D eigenvalue weighted by molar-refractivity contribution is 8.00. The number of nitrogens with one attached hydrogen (secondary N) is 1. The number of benzene rings is 2. The predicted octanol–water partition coefficient (Wildman–Crippen LogP) is 4.03. The lowest BCUT2D eigenvalue weighted by Gasteiger charge is -2.09. The van der Waals surface area contributed by atoms with Crippen LogP contribution in [0.1, 0.15) is 11.1 Å². The average Bonchev–Trinajstić information content (AvgIpc) is 2.41. The van der Waals surface area contributed by atoms with Crippen LogP contribution in [0.25, 0.3) is 0 Å². The molecule has 0 saturated carbocycles. The molecule has 0 spiro atoms. The topological polar surface area (TPSA) is 29.1 Å². The Morgan fingerprint density at radius 1 is 1.11 bits per heavy atom. The highest BCUT2D eigenvalue weighted by Gasteiger charge is 2.05. The van der Waals surface area contributed by atoms with Gasteiger partial charge in [0, 0.05) is 10.6 Å². The van der Waals surface area contributed by atoms with Crippen LogP contribution in [0.15, 0.2) is 53.4 Å². The van der Waals surface area contributed by atoms with Crippen LogP contribution in [0.3, 0.4) is 0 Å². The lowest BCUT2D eigenvalue weighted by Crippen LogP contribution is -2.14. The minimum atomic E-state index is 0.0285. The molecule has 3 heteroatoms. The van der Waals surface area contributed by atoms with Gasteiger partial charge in [0.2, 0.25) is 5.91 Å². The Morgan fingerprint density at radius 2 is 1.84 bits per heavy atom. The van der Waals surface area contributed by atoms with E-state index in [2.05, 4.69) is 11.4 Å². The Labute approximate surface area is 118 Å². The van der Waals surface area contributed by atoms with Gasteiger partial charge in [0.15, 0.2) is 0 Å². The number of anilines is 1. The van der Waals surface area contributed by atoms with E-state index in [-0.39, 0.29) is 5.91 Å². The van der Waals surface area contributed by atoms with E-state index in [0.717, 1.165) is 16.1 Å². The molecule has 0 atom stereocenters. The largest absolute Gasteiger partial charge is 0.325 e. The second kappa shape index (κ2) is 6.43. The maximum atomic E-state index is 11.9. The summed E-state index contributed by atoms with van der Waals surface area (Å²) in [5.74, 6) is 0.456. The zero-order valence-electron chi connectivity index (χ0n) is 11.1. The van der Waals surface area contributed by atoms with Crippen LogP contribution >= 0.6 is 11.8 Å². The van der Waals surface area contributed by atoms with Crippen molar-refractivity contribution in [3.8, 4) is 0 Å². The van der Waals surface area contributed by atoms with E-state index in [1.165, 1.54) is 5.56 Å². The van der Waals surface area contributed by atoms with Gasteiger partial charge in [0.1, 0.15) is 0 Å². The molecule has 1 N–H and O–H groups in total. The number of thioether (sulfide) groups is 1. The molecule has 2 aromatic rings. The molecule has 0 aliphatic rings. The lowest BCUT2D eigenvalue weighted by molar-refractivity contribution is -0.113. The molecule has 0 bridgehead atoms. The van der Waals surface area contributed by atoms with Crippen molar-refractivity contribution in [1.29, 1.82) is 0 Å². The zero-order valence-corrected chi connectivity index (χ0v) is 12.0. The van der Waals surface area contributed by atoms with Gasteiger partial charge in [-0.05, 0) is 37.6 Å². The maximum Gasteiger partial charge on any atom is 0.234 e. The van der Waals surface area contributed by atoms with Crippen LogP contribution in [0, 0.1) is 13.8 Å². The van der Waals surface area contributed by atoms with Gasteiger partial charge in [-0.1, -0.05) is 35.9 Å². The normalized spacial score (nSPS) is 10.2. The summed E-state index contributed by atoms with van der Waals surface area (Å²) in [4.78, 5) is 13.0. The first-order valence-electron chi connectivity index (χ1n) is 6.20. The lowest BCUT2D eigenvalue weighted by atomic mass is 10.1. The Morgan fingerprint density at radius 3 is 2.53 bits per heavy atom. The fourth-order valence-electron chi connectivity index (χ4n) is 1.81. The zero-order chi connectivity index (χ0) is 13.7. The van der Waals surface area contributed by atoms with Gasteiger partial charge >= 0.3 is 0 Å². The van der Waals surface area contributed by atoms with E-state index < -0.39 is 0 Å². The van der Waals surface area contributed by atoms with Crippen LogP contribution < -0.4 is 5.32 Å². The van der Waals surface area contributed by atoms with E-state index in [1.54, 1.807) is 11.8 Å². The molecule has 98 valence electrons. The van der Waals surface area contributed by atoms with Gasteiger partial charge in [-0.25, -0.2) is 0 Å². The second-order valence-electron chi connectivity index (χ2n) is 4.47. The molecule has 0 aromatic heterocycles. The summed E-state index contributed by atoms with van der Waals surface area (Å²) in [6, 6.07) is 16.0. The van der Waals surface area contributed by atoms with E-state index >= 15 is 0 Å². The minimum absolute atomic E-state index is 0.0285. The molecule has 2 rings (SSSR count). The van der Waals surface area contributed by atoms with Crippen molar-refractivity contribution in [3.63, 3.8) is 0 Å². The van der Waals surface area contributed by atoms with Crippen LogP contribution in [-0.2, 0) is 4.79 Å². The molecule has 0 aliphatic carbocycles.